The zero-order valence-corrected chi connectivity index (χ0v) is 11.3. The maximum atomic E-state index is 12.4. The quantitative estimate of drug-likeness (QED) is 0.794. The highest BCUT2D eigenvalue weighted by Crippen LogP contribution is 2.34. The van der Waals surface area contributed by atoms with Crippen molar-refractivity contribution >= 4 is 17.5 Å². The lowest BCUT2D eigenvalue weighted by Crippen LogP contribution is -2.40. The third-order valence-corrected chi connectivity index (χ3v) is 4.59. The molecule has 2 aliphatic rings. The van der Waals surface area contributed by atoms with Gasteiger partial charge in [-0.1, -0.05) is 25.7 Å². The van der Waals surface area contributed by atoms with E-state index in [4.69, 9.17) is 0 Å². The van der Waals surface area contributed by atoms with Crippen LogP contribution in [0.5, 0.6) is 0 Å². The van der Waals surface area contributed by atoms with Crippen LogP contribution in [0, 0.1) is 17.8 Å². The SMILES string of the molecule is O=C1CCCCC1C(=O)C(C(=O)O)C1CCCCC1. The second-order valence-electron chi connectivity index (χ2n) is 5.88. The van der Waals surface area contributed by atoms with Crippen LogP contribution in [0.25, 0.3) is 0 Å². The van der Waals surface area contributed by atoms with Crippen molar-refractivity contribution in [2.45, 2.75) is 57.8 Å². The average molecular weight is 266 g/mol. The highest BCUT2D eigenvalue weighted by atomic mass is 16.4. The number of hydrogen-bond acceptors (Lipinski definition) is 3. The van der Waals surface area contributed by atoms with Gasteiger partial charge in [-0.05, 0) is 31.6 Å². The Bertz CT molecular complexity index is 368. The van der Waals surface area contributed by atoms with Crippen molar-refractivity contribution in [2.24, 2.45) is 17.8 Å². The molecule has 2 aliphatic carbocycles. The highest BCUT2D eigenvalue weighted by molar-refractivity contribution is 6.10. The zero-order valence-electron chi connectivity index (χ0n) is 11.3. The Morgan fingerprint density at radius 1 is 1.00 bits per heavy atom. The van der Waals surface area contributed by atoms with E-state index < -0.39 is 17.8 Å². The van der Waals surface area contributed by atoms with Crippen molar-refractivity contribution in [2.75, 3.05) is 0 Å². The minimum atomic E-state index is -1.03. The molecular formula is C15H22O4. The van der Waals surface area contributed by atoms with E-state index in [0.717, 1.165) is 44.9 Å². The molecule has 2 saturated carbocycles. The molecule has 2 rings (SSSR count). The van der Waals surface area contributed by atoms with E-state index in [1.165, 1.54) is 0 Å². The van der Waals surface area contributed by atoms with Gasteiger partial charge in [-0.25, -0.2) is 0 Å². The summed E-state index contributed by atoms with van der Waals surface area (Å²) in [6.07, 6.45) is 7.43. The van der Waals surface area contributed by atoms with Gasteiger partial charge in [0.1, 0.15) is 11.7 Å². The fourth-order valence-corrected chi connectivity index (χ4v) is 3.52. The maximum absolute atomic E-state index is 12.4. The summed E-state index contributed by atoms with van der Waals surface area (Å²) >= 11 is 0. The van der Waals surface area contributed by atoms with Crippen LogP contribution in [0.3, 0.4) is 0 Å². The lowest BCUT2D eigenvalue weighted by Gasteiger charge is -2.29. The zero-order chi connectivity index (χ0) is 13.8. The van der Waals surface area contributed by atoms with E-state index in [-0.39, 0.29) is 17.5 Å². The lowest BCUT2D eigenvalue weighted by atomic mass is 9.72. The molecule has 106 valence electrons. The molecule has 0 heterocycles. The molecule has 0 radical (unpaired) electrons. The third-order valence-electron chi connectivity index (χ3n) is 4.59. The van der Waals surface area contributed by atoms with Gasteiger partial charge < -0.3 is 5.11 Å². The van der Waals surface area contributed by atoms with Crippen LogP contribution in [0.15, 0.2) is 0 Å². The fourth-order valence-electron chi connectivity index (χ4n) is 3.52. The van der Waals surface area contributed by atoms with E-state index in [1.54, 1.807) is 0 Å². The van der Waals surface area contributed by atoms with E-state index in [1.807, 2.05) is 0 Å². The molecule has 2 fully saturated rings. The summed E-state index contributed by atoms with van der Waals surface area (Å²) in [5, 5.41) is 9.38. The molecular weight excluding hydrogens is 244 g/mol. The topological polar surface area (TPSA) is 71.4 Å². The van der Waals surface area contributed by atoms with Gasteiger partial charge in [0.25, 0.3) is 0 Å². The molecule has 0 spiro atoms. The molecule has 0 aliphatic heterocycles. The predicted molar refractivity (Wildman–Crippen MR) is 69.7 cm³/mol. The van der Waals surface area contributed by atoms with Gasteiger partial charge in [0.2, 0.25) is 0 Å². The number of rotatable bonds is 4. The number of carbonyl (C=O) groups excluding carboxylic acids is 2. The van der Waals surface area contributed by atoms with E-state index in [9.17, 15) is 19.5 Å². The molecule has 1 N–H and O–H groups in total. The largest absolute Gasteiger partial charge is 0.481 e. The number of aliphatic carboxylic acids is 1. The molecule has 2 unspecified atom stereocenters. The van der Waals surface area contributed by atoms with Crippen molar-refractivity contribution in [3.8, 4) is 0 Å². The fraction of sp³-hybridized carbons (Fsp3) is 0.800. The smallest absolute Gasteiger partial charge is 0.314 e. The van der Waals surface area contributed by atoms with E-state index >= 15 is 0 Å². The molecule has 0 aromatic carbocycles. The minimum absolute atomic E-state index is 0.0432. The van der Waals surface area contributed by atoms with Crippen LogP contribution < -0.4 is 0 Å². The van der Waals surface area contributed by atoms with Crippen molar-refractivity contribution < 1.29 is 19.5 Å². The first kappa shape index (κ1) is 14.2. The first-order valence-corrected chi connectivity index (χ1v) is 7.40. The summed E-state index contributed by atoms with van der Waals surface area (Å²) < 4.78 is 0. The van der Waals surface area contributed by atoms with Gasteiger partial charge in [0, 0.05) is 6.42 Å². The lowest BCUT2D eigenvalue weighted by molar-refractivity contribution is -0.152. The summed E-state index contributed by atoms with van der Waals surface area (Å²) in [5.41, 5.74) is 0. The Labute approximate surface area is 113 Å². The van der Waals surface area contributed by atoms with Crippen LogP contribution in [-0.4, -0.2) is 22.6 Å². The molecule has 0 saturated heterocycles. The van der Waals surface area contributed by atoms with Crippen LogP contribution in [0.2, 0.25) is 0 Å². The molecule has 0 bridgehead atoms. The predicted octanol–water partition coefficient (Wildman–Crippen LogP) is 2.60. The van der Waals surface area contributed by atoms with Gasteiger partial charge in [-0.2, -0.15) is 0 Å². The van der Waals surface area contributed by atoms with E-state index in [0.29, 0.717) is 12.8 Å². The number of carboxylic acid groups (broad SMARTS) is 1. The molecule has 2 atom stereocenters. The molecule has 4 heteroatoms. The monoisotopic (exact) mass is 266 g/mol. The van der Waals surface area contributed by atoms with Gasteiger partial charge >= 0.3 is 5.97 Å². The van der Waals surface area contributed by atoms with E-state index in [2.05, 4.69) is 0 Å². The molecule has 19 heavy (non-hydrogen) atoms. The van der Waals surface area contributed by atoms with Crippen LogP contribution in [0.4, 0.5) is 0 Å². The number of ketones is 2. The van der Waals surface area contributed by atoms with Crippen LogP contribution in [0.1, 0.15) is 57.8 Å². The Hall–Kier alpha value is -1.19. The second-order valence-corrected chi connectivity index (χ2v) is 5.88. The summed E-state index contributed by atoms with van der Waals surface area (Å²) in [5.74, 6) is -3.05. The van der Waals surface area contributed by atoms with Crippen molar-refractivity contribution in [1.29, 1.82) is 0 Å². The third kappa shape index (κ3) is 3.23. The Morgan fingerprint density at radius 2 is 1.63 bits per heavy atom. The van der Waals surface area contributed by atoms with Crippen molar-refractivity contribution in [1.82, 2.24) is 0 Å². The van der Waals surface area contributed by atoms with Crippen molar-refractivity contribution in [3.63, 3.8) is 0 Å². The number of carboxylic acids is 1. The number of carbonyl (C=O) groups is 3. The second kappa shape index (κ2) is 6.31. The Morgan fingerprint density at radius 3 is 2.21 bits per heavy atom. The normalized spacial score (nSPS) is 26.9. The molecule has 0 aromatic heterocycles. The van der Waals surface area contributed by atoms with Crippen LogP contribution >= 0.6 is 0 Å². The standard InChI is InChI=1S/C15H22O4/c16-12-9-5-4-8-11(12)14(17)13(15(18)19)10-6-2-1-3-7-10/h10-11,13H,1-9H2,(H,18,19). The molecule has 4 nitrogen and oxygen atoms in total. The van der Waals surface area contributed by atoms with Crippen LogP contribution in [-0.2, 0) is 14.4 Å². The van der Waals surface area contributed by atoms with Gasteiger partial charge in [0.05, 0.1) is 5.92 Å². The molecule has 0 aromatic rings. The van der Waals surface area contributed by atoms with Gasteiger partial charge in [-0.15, -0.1) is 0 Å². The number of Topliss-reactive ketones (excluding diaryl/α,β-unsaturated/α-hetero) is 2. The Kier molecular flexibility index (Phi) is 4.72. The summed E-state index contributed by atoms with van der Waals surface area (Å²) in [6, 6.07) is 0. The summed E-state index contributed by atoms with van der Waals surface area (Å²) in [4.78, 5) is 35.7. The summed E-state index contributed by atoms with van der Waals surface area (Å²) in [6.45, 7) is 0. The van der Waals surface area contributed by atoms with Crippen molar-refractivity contribution in [3.05, 3.63) is 0 Å². The number of hydrogen-bond donors (Lipinski definition) is 1. The Balaban J connectivity index is 2.11. The minimum Gasteiger partial charge on any atom is -0.481 e. The first-order valence-electron chi connectivity index (χ1n) is 7.40. The first-order chi connectivity index (χ1) is 9.11. The highest BCUT2D eigenvalue weighted by Gasteiger charge is 2.41. The molecule has 0 amide bonds. The maximum Gasteiger partial charge on any atom is 0.314 e. The van der Waals surface area contributed by atoms with Gasteiger partial charge in [-0.3, -0.25) is 14.4 Å². The summed E-state index contributed by atoms with van der Waals surface area (Å²) in [7, 11) is 0. The average Bonchev–Trinajstić information content (AvgIpc) is 2.40. The van der Waals surface area contributed by atoms with Gasteiger partial charge in [0.15, 0.2) is 5.78 Å².